The number of rotatable bonds is 2. The van der Waals surface area contributed by atoms with Gasteiger partial charge in [0.25, 0.3) is 0 Å². The van der Waals surface area contributed by atoms with Gasteiger partial charge in [0.05, 0.1) is 13.2 Å². The van der Waals surface area contributed by atoms with Crippen LogP contribution in [0.3, 0.4) is 0 Å². The molecule has 0 radical (unpaired) electrons. The van der Waals surface area contributed by atoms with Crippen LogP contribution < -0.4 is 0 Å². The van der Waals surface area contributed by atoms with Crippen molar-refractivity contribution in [1.82, 2.24) is 0 Å². The van der Waals surface area contributed by atoms with Crippen molar-refractivity contribution in [3.63, 3.8) is 0 Å². The summed E-state index contributed by atoms with van der Waals surface area (Å²) in [6.07, 6.45) is -1.12. The van der Waals surface area contributed by atoms with E-state index in [0.717, 1.165) is 0 Å². The zero-order valence-corrected chi connectivity index (χ0v) is 6.53. The summed E-state index contributed by atoms with van der Waals surface area (Å²) in [7, 11) is 0. The summed E-state index contributed by atoms with van der Waals surface area (Å²) in [5.41, 5.74) is -1.26. The Morgan fingerprint density at radius 1 is 1.64 bits per heavy atom. The third-order valence-corrected chi connectivity index (χ3v) is 2.32. The predicted octanol–water partition coefficient (Wildman–Crippen LogP) is -1.12. The topological polar surface area (TPSA) is 69.9 Å². The van der Waals surface area contributed by atoms with Crippen LogP contribution in [0.5, 0.6) is 0 Å². The molecule has 1 heterocycles. The molecule has 3 unspecified atom stereocenters. The molecule has 3 N–H and O–H groups in total. The van der Waals surface area contributed by atoms with E-state index in [0.29, 0.717) is 6.42 Å². The van der Waals surface area contributed by atoms with Crippen LogP contribution in [0.1, 0.15) is 13.3 Å². The van der Waals surface area contributed by atoms with Crippen LogP contribution >= 0.6 is 0 Å². The predicted molar refractivity (Wildman–Crippen MR) is 38.1 cm³/mol. The van der Waals surface area contributed by atoms with E-state index in [1.54, 1.807) is 6.92 Å². The summed E-state index contributed by atoms with van der Waals surface area (Å²) < 4.78 is 4.97. The summed E-state index contributed by atoms with van der Waals surface area (Å²) >= 11 is 0. The van der Waals surface area contributed by atoms with Gasteiger partial charge in [-0.05, 0) is 6.42 Å². The van der Waals surface area contributed by atoms with Crippen LogP contribution in [-0.4, -0.2) is 46.3 Å². The summed E-state index contributed by atoms with van der Waals surface area (Å²) in [6, 6.07) is 0. The largest absolute Gasteiger partial charge is 0.394 e. The van der Waals surface area contributed by atoms with Crippen molar-refractivity contribution in [2.45, 2.75) is 31.2 Å². The van der Waals surface area contributed by atoms with Crippen molar-refractivity contribution in [2.75, 3.05) is 13.2 Å². The molecule has 1 aliphatic rings. The van der Waals surface area contributed by atoms with E-state index in [2.05, 4.69) is 0 Å². The first-order valence-corrected chi connectivity index (χ1v) is 3.78. The average molecular weight is 162 g/mol. The quantitative estimate of drug-likeness (QED) is 0.481. The van der Waals surface area contributed by atoms with Crippen molar-refractivity contribution >= 4 is 0 Å². The molecule has 1 aliphatic heterocycles. The molecular weight excluding hydrogens is 148 g/mol. The number of hydrogen-bond acceptors (Lipinski definition) is 4. The fourth-order valence-electron chi connectivity index (χ4n) is 1.38. The van der Waals surface area contributed by atoms with E-state index in [1.807, 2.05) is 0 Å². The van der Waals surface area contributed by atoms with Gasteiger partial charge in [-0.15, -0.1) is 0 Å². The maximum atomic E-state index is 9.69. The van der Waals surface area contributed by atoms with Gasteiger partial charge >= 0.3 is 0 Å². The highest BCUT2D eigenvalue weighted by atomic mass is 16.5. The van der Waals surface area contributed by atoms with E-state index in [1.165, 1.54) is 0 Å². The van der Waals surface area contributed by atoms with Crippen molar-refractivity contribution in [3.8, 4) is 0 Å². The molecule has 1 saturated heterocycles. The Labute approximate surface area is 65.4 Å². The average Bonchev–Trinajstić information content (AvgIpc) is 2.30. The molecule has 1 rings (SSSR count). The number of aliphatic hydroxyl groups is 3. The smallest absolute Gasteiger partial charge is 0.121 e. The number of ether oxygens (including phenoxy) is 1. The number of aliphatic hydroxyl groups excluding tert-OH is 2. The molecular formula is C7H14O4. The maximum absolute atomic E-state index is 9.69. The first kappa shape index (κ1) is 8.93. The summed E-state index contributed by atoms with van der Waals surface area (Å²) in [6.45, 7) is 1.61. The zero-order valence-electron chi connectivity index (χ0n) is 6.53. The van der Waals surface area contributed by atoms with Crippen LogP contribution in [0.25, 0.3) is 0 Å². The highest BCUT2D eigenvalue weighted by Gasteiger charge is 2.47. The van der Waals surface area contributed by atoms with E-state index in [9.17, 15) is 10.2 Å². The Morgan fingerprint density at radius 3 is 2.64 bits per heavy atom. The summed E-state index contributed by atoms with van der Waals surface area (Å²) in [5, 5.41) is 27.7. The fourth-order valence-corrected chi connectivity index (χ4v) is 1.38. The third kappa shape index (κ3) is 1.27. The van der Waals surface area contributed by atoms with E-state index in [4.69, 9.17) is 9.84 Å². The first-order valence-electron chi connectivity index (χ1n) is 3.78. The Hall–Kier alpha value is -0.160. The van der Waals surface area contributed by atoms with Crippen molar-refractivity contribution in [3.05, 3.63) is 0 Å². The highest BCUT2D eigenvalue weighted by Crippen LogP contribution is 2.28. The second kappa shape index (κ2) is 3.06. The molecule has 0 aliphatic carbocycles. The monoisotopic (exact) mass is 162 g/mol. The standard InChI is InChI=1S/C7H14O4/c1-2-7(10)5(9)4-11-6(7)3-8/h5-6,8-10H,2-4H2,1H3. The maximum Gasteiger partial charge on any atom is 0.121 e. The molecule has 0 spiro atoms. The van der Waals surface area contributed by atoms with Gasteiger partial charge in [-0.25, -0.2) is 0 Å². The minimum absolute atomic E-state index is 0.107. The van der Waals surface area contributed by atoms with Crippen LogP contribution in [-0.2, 0) is 4.74 Å². The molecule has 0 aromatic heterocycles. The molecule has 0 aromatic carbocycles. The Balaban J connectivity index is 2.70. The van der Waals surface area contributed by atoms with Gasteiger partial charge in [-0.1, -0.05) is 6.92 Å². The lowest BCUT2D eigenvalue weighted by molar-refractivity contribution is -0.0939. The van der Waals surface area contributed by atoms with E-state index >= 15 is 0 Å². The minimum atomic E-state index is -1.26. The van der Waals surface area contributed by atoms with Gasteiger partial charge < -0.3 is 20.1 Å². The lowest BCUT2D eigenvalue weighted by Gasteiger charge is -2.28. The highest BCUT2D eigenvalue weighted by molar-refractivity contribution is 4.97. The lowest BCUT2D eigenvalue weighted by Crippen LogP contribution is -2.47. The van der Waals surface area contributed by atoms with Crippen LogP contribution in [0, 0.1) is 0 Å². The van der Waals surface area contributed by atoms with Gasteiger partial charge in [0.1, 0.15) is 17.8 Å². The normalized spacial score (nSPS) is 44.7. The van der Waals surface area contributed by atoms with Gasteiger partial charge in [0.15, 0.2) is 0 Å². The van der Waals surface area contributed by atoms with Crippen LogP contribution in [0.4, 0.5) is 0 Å². The van der Waals surface area contributed by atoms with E-state index in [-0.39, 0.29) is 13.2 Å². The zero-order chi connectivity index (χ0) is 8.48. The summed E-state index contributed by atoms with van der Waals surface area (Å²) in [5.74, 6) is 0. The SMILES string of the molecule is CCC1(O)C(O)COC1CO. The molecule has 0 saturated carbocycles. The Kier molecular flexibility index (Phi) is 2.49. The molecule has 11 heavy (non-hydrogen) atoms. The molecule has 0 bridgehead atoms. The second-order valence-corrected chi connectivity index (χ2v) is 2.87. The molecule has 1 fully saturated rings. The second-order valence-electron chi connectivity index (χ2n) is 2.87. The molecule has 66 valence electrons. The molecule has 4 nitrogen and oxygen atoms in total. The van der Waals surface area contributed by atoms with Crippen LogP contribution in [0.15, 0.2) is 0 Å². The van der Waals surface area contributed by atoms with Crippen molar-refractivity contribution < 1.29 is 20.1 Å². The van der Waals surface area contributed by atoms with Crippen molar-refractivity contribution in [2.24, 2.45) is 0 Å². The van der Waals surface area contributed by atoms with Gasteiger partial charge in [0, 0.05) is 0 Å². The third-order valence-electron chi connectivity index (χ3n) is 2.32. The molecule has 0 aromatic rings. The number of hydrogen-bond donors (Lipinski definition) is 3. The first-order chi connectivity index (χ1) is 5.15. The van der Waals surface area contributed by atoms with Gasteiger partial charge in [0.2, 0.25) is 0 Å². The van der Waals surface area contributed by atoms with Gasteiger partial charge in [-0.2, -0.15) is 0 Å². The minimum Gasteiger partial charge on any atom is -0.394 e. The van der Waals surface area contributed by atoms with Crippen molar-refractivity contribution in [1.29, 1.82) is 0 Å². The fraction of sp³-hybridized carbons (Fsp3) is 1.00. The lowest BCUT2D eigenvalue weighted by atomic mass is 9.91. The van der Waals surface area contributed by atoms with E-state index < -0.39 is 17.8 Å². The Bertz CT molecular complexity index is 138. The summed E-state index contributed by atoms with van der Waals surface area (Å²) in [4.78, 5) is 0. The molecule has 0 amide bonds. The molecule has 4 heteroatoms. The molecule has 3 atom stereocenters. The Morgan fingerprint density at radius 2 is 2.27 bits per heavy atom. The van der Waals surface area contributed by atoms with Gasteiger partial charge in [-0.3, -0.25) is 0 Å². The van der Waals surface area contributed by atoms with Crippen LogP contribution in [0.2, 0.25) is 0 Å².